The Morgan fingerprint density at radius 3 is 2.36 bits per heavy atom. The number of amides is 1. The quantitative estimate of drug-likeness (QED) is 0.813. The number of likely N-dealkylation sites (N-methyl/N-ethyl adjacent to an activating group) is 1. The molecule has 1 unspecified atom stereocenters. The highest BCUT2D eigenvalue weighted by atomic mass is 16.5. The van der Waals surface area contributed by atoms with Gasteiger partial charge in [0.1, 0.15) is 0 Å². The van der Waals surface area contributed by atoms with E-state index in [1.165, 1.54) is 18.2 Å². The maximum Gasteiger partial charge on any atom is 0.333 e. The minimum Gasteiger partial charge on any atom is -0.467 e. The van der Waals surface area contributed by atoms with Gasteiger partial charge in [-0.1, -0.05) is 30.3 Å². The molecule has 0 aliphatic heterocycles. The van der Waals surface area contributed by atoms with Crippen molar-refractivity contribution in [3.63, 3.8) is 0 Å². The number of aryl methyl sites for hydroxylation is 1. The van der Waals surface area contributed by atoms with Gasteiger partial charge in [0.15, 0.2) is 6.04 Å². The van der Waals surface area contributed by atoms with Gasteiger partial charge in [-0.2, -0.15) is 0 Å². The molecule has 5 heteroatoms. The minimum absolute atomic E-state index is 0.285. The van der Waals surface area contributed by atoms with E-state index in [9.17, 15) is 9.59 Å². The molecular weight excluding hydrogens is 280 g/mol. The number of ether oxygens (including phenoxy) is 1. The molecule has 1 heterocycles. The number of esters is 1. The normalized spacial score (nSPS) is 11.6. The van der Waals surface area contributed by atoms with E-state index < -0.39 is 12.0 Å². The maximum atomic E-state index is 12.6. The second-order valence-corrected chi connectivity index (χ2v) is 4.94. The summed E-state index contributed by atoms with van der Waals surface area (Å²) in [6, 6.07) is 11.7. The molecule has 1 aromatic heterocycles. The van der Waals surface area contributed by atoms with Crippen molar-refractivity contribution >= 4 is 11.9 Å². The fraction of sp³-hybridized carbons (Fsp3) is 0.235. The largest absolute Gasteiger partial charge is 0.467 e. The van der Waals surface area contributed by atoms with Crippen molar-refractivity contribution in [2.24, 2.45) is 0 Å². The van der Waals surface area contributed by atoms with Gasteiger partial charge in [0.05, 0.1) is 12.7 Å². The van der Waals surface area contributed by atoms with E-state index in [2.05, 4.69) is 4.98 Å². The number of nitrogens with zero attached hydrogens (tertiary/aromatic N) is 2. The Bertz CT molecular complexity index is 653. The minimum atomic E-state index is -0.792. The number of hydrogen-bond donors (Lipinski definition) is 0. The van der Waals surface area contributed by atoms with Crippen LogP contribution in [0.15, 0.2) is 48.7 Å². The molecule has 0 N–H and O–H groups in total. The summed E-state index contributed by atoms with van der Waals surface area (Å²) in [5.41, 5.74) is 1.95. The average Bonchev–Trinajstić information content (AvgIpc) is 2.55. The maximum absolute atomic E-state index is 12.6. The second kappa shape index (κ2) is 6.85. The molecule has 0 saturated carbocycles. The second-order valence-electron chi connectivity index (χ2n) is 4.94. The third-order valence-corrected chi connectivity index (χ3v) is 3.41. The van der Waals surface area contributed by atoms with E-state index in [1.54, 1.807) is 31.3 Å². The van der Waals surface area contributed by atoms with E-state index in [0.717, 1.165) is 5.69 Å². The molecule has 0 aliphatic rings. The molecule has 5 nitrogen and oxygen atoms in total. The summed E-state index contributed by atoms with van der Waals surface area (Å²) in [5, 5.41) is 0. The van der Waals surface area contributed by atoms with Crippen molar-refractivity contribution in [3.8, 4) is 0 Å². The number of benzene rings is 1. The fourth-order valence-electron chi connectivity index (χ4n) is 2.18. The van der Waals surface area contributed by atoms with Crippen LogP contribution in [-0.2, 0) is 9.53 Å². The Kier molecular flexibility index (Phi) is 4.88. The van der Waals surface area contributed by atoms with Crippen LogP contribution in [-0.4, -0.2) is 35.9 Å². The molecule has 0 aliphatic carbocycles. The van der Waals surface area contributed by atoms with Gasteiger partial charge in [-0.25, -0.2) is 4.79 Å². The molecule has 0 fully saturated rings. The van der Waals surface area contributed by atoms with Crippen LogP contribution < -0.4 is 0 Å². The Morgan fingerprint density at radius 1 is 1.14 bits per heavy atom. The van der Waals surface area contributed by atoms with Gasteiger partial charge in [-0.05, 0) is 24.6 Å². The first-order valence-corrected chi connectivity index (χ1v) is 6.87. The highest BCUT2D eigenvalue weighted by Crippen LogP contribution is 2.22. The van der Waals surface area contributed by atoms with E-state index >= 15 is 0 Å². The summed E-state index contributed by atoms with van der Waals surface area (Å²) in [4.78, 5) is 30.2. The molecule has 1 amide bonds. The van der Waals surface area contributed by atoms with E-state index in [-0.39, 0.29) is 5.91 Å². The first kappa shape index (κ1) is 15.7. The number of rotatable bonds is 4. The Hall–Kier alpha value is -2.69. The van der Waals surface area contributed by atoms with Crippen LogP contribution in [0.25, 0.3) is 0 Å². The van der Waals surface area contributed by atoms with Crippen molar-refractivity contribution in [3.05, 3.63) is 65.5 Å². The molecule has 22 heavy (non-hydrogen) atoms. The number of carbonyl (C=O) groups is 2. The number of carbonyl (C=O) groups excluding carboxylic acids is 2. The number of pyridine rings is 1. The van der Waals surface area contributed by atoms with Crippen LogP contribution in [0.3, 0.4) is 0 Å². The lowest BCUT2D eigenvalue weighted by molar-refractivity contribution is -0.145. The zero-order valence-electron chi connectivity index (χ0n) is 12.8. The molecule has 2 rings (SSSR count). The van der Waals surface area contributed by atoms with Crippen molar-refractivity contribution in [1.82, 2.24) is 9.88 Å². The Balaban J connectivity index is 2.33. The van der Waals surface area contributed by atoms with Crippen LogP contribution in [0.1, 0.15) is 27.7 Å². The lowest BCUT2D eigenvalue weighted by Crippen LogP contribution is -2.36. The van der Waals surface area contributed by atoms with Gasteiger partial charge < -0.3 is 9.64 Å². The van der Waals surface area contributed by atoms with Crippen LogP contribution in [0, 0.1) is 6.92 Å². The highest BCUT2D eigenvalue weighted by molar-refractivity contribution is 5.96. The van der Waals surface area contributed by atoms with Crippen molar-refractivity contribution in [1.29, 1.82) is 0 Å². The van der Waals surface area contributed by atoms with E-state index in [0.29, 0.717) is 11.1 Å². The summed E-state index contributed by atoms with van der Waals surface area (Å²) in [6.45, 7) is 1.85. The van der Waals surface area contributed by atoms with Gasteiger partial charge >= 0.3 is 5.97 Å². The molecule has 1 aromatic carbocycles. The molecule has 0 saturated heterocycles. The first-order chi connectivity index (χ1) is 10.5. The number of aromatic nitrogens is 1. The van der Waals surface area contributed by atoms with Crippen molar-refractivity contribution in [2.45, 2.75) is 13.0 Å². The monoisotopic (exact) mass is 298 g/mol. The molecular formula is C17H18N2O3. The predicted molar refractivity (Wildman–Crippen MR) is 82.3 cm³/mol. The first-order valence-electron chi connectivity index (χ1n) is 6.87. The third kappa shape index (κ3) is 3.31. The SMILES string of the molecule is COC(=O)C(c1ccccc1)N(C)C(=O)c1ccc(C)nc1. The summed E-state index contributed by atoms with van der Waals surface area (Å²) in [7, 11) is 2.89. The van der Waals surface area contributed by atoms with Gasteiger partial charge in [-0.3, -0.25) is 9.78 Å². The summed E-state index contributed by atoms with van der Waals surface area (Å²) >= 11 is 0. The zero-order valence-corrected chi connectivity index (χ0v) is 12.8. The van der Waals surface area contributed by atoms with Gasteiger partial charge in [0, 0.05) is 18.9 Å². The molecule has 114 valence electrons. The van der Waals surface area contributed by atoms with Crippen molar-refractivity contribution < 1.29 is 14.3 Å². The topological polar surface area (TPSA) is 59.5 Å². The molecule has 1 atom stereocenters. The van der Waals surface area contributed by atoms with Crippen molar-refractivity contribution in [2.75, 3.05) is 14.2 Å². The predicted octanol–water partition coefficient (Wildman–Crippen LogP) is 2.38. The number of methoxy groups -OCH3 is 1. The summed E-state index contributed by atoms with van der Waals surface area (Å²) in [5.74, 6) is -0.770. The van der Waals surface area contributed by atoms with Crippen LogP contribution in [0.5, 0.6) is 0 Å². The van der Waals surface area contributed by atoms with Gasteiger partial charge in [-0.15, -0.1) is 0 Å². The molecule has 0 bridgehead atoms. The lowest BCUT2D eigenvalue weighted by atomic mass is 10.0. The fourth-order valence-corrected chi connectivity index (χ4v) is 2.18. The van der Waals surface area contributed by atoms with Crippen LogP contribution in [0.4, 0.5) is 0 Å². The molecule has 0 spiro atoms. The standard InChI is InChI=1S/C17H18N2O3/c1-12-9-10-14(11-18-12)16(20)19(2)15(17(21)22-3)13-7-5-4-6-8-13/h4-11,15H,1-3H3. The molecule has 2 aromatic rings. The summed E-state index contributed by atoms with van der Waals surface area (Å²) in [6.07, 6.45) is 1.51. The third-order valence-electron chi connectivity index (χ3n) is 3.41. The lowest BCUT2D eigenvalue weighted by Gasteiger charge is -2.26. The Labute approximate surface area is 129 Å². The molecule has 0 radical (unpaired) electrons. The smallest absolute Gasteiger partial charge is 0.333 e. The Morgan fingerprint density at radius 2 is 1.82 bits per heavy atom. The number of hydrogen-bond acceptors (Lipinski definition) is 4. The van der Waals surface area contributed by atoms with Crippen LogP contribution >= 0.6 is 0 Å². The summed E-state index contributed by atoms with van der Waals surface area (Å²) < 4.78 is 4.84. The van der Waals surface area contributed by atoms with Gasteiger partial charge in [0.25, 0.3) is 5.91 Å². The highest BCUT2D eigenvalue weighted by Gasteiger charge is 2.30. The average molecular weight is 298 g/mol. The van der Waals surface area contributed by atoms with E-state index in [4.69, 9.17) is 4.74 Å². The van der Waals surface area contributed by atoms with E-state index in [1.807, 2.05) is 25.1 Å². The zero-order chi connectivity index (χ0) is 16.1. The van der Waals surface area contributed by atoms with Crippen LogP contribution in [0.2, 0.25) is 0 Å². The van der Waals surface area contributed by atoms with Gasteiger partial charge in [0.2, 0.25) is 0 Å².